The minimum atomic E-state index is -0.314. The number of para-hydroxylation sites is 1. The molecule has 0 saturated heterocycles. The molecular weight excluding hydrogens is 266 g/mol. The van der Waals surface area contributed by atoms with E-state index < -0.39 is 0 Å². The third kappa shape index (κ3) is 4.02. The fourth-order valence-electron chi connectivity index (χ4n) is 2.01. The second-order valence-corrected chi connectivity index (χ2v) is 5.86. The third-order valence-electron chi connectivity index (χ3n) is 2.82. The number of carbonyl (C=O) groups excluding carboxylic acids is 2. The molecule has 5 nitrogen and oxygen atoms in total. The molecule has 0 aliphatic carbocycles. The molecule has 1 heterocycles. The summed E-state index contributed by atoms with van der Waals surface area (Å²) in [5, 5.41) is 6.20. The lowest BCUT2D eigenvalue weighted by Crippen LogP contribution is -2.45. The van der Waals surface area contributed by atoms with E-state index in [0.29, 0.717) is 5.56 Å². The minimum absolute atomic E-state index is 0.0489. The average molecular weight is 285 g/mol. The van der Waals surface area contributed by atoms with E-state index in [1.165, 1.54) is 0 Å². The van der Waals surface area contributed by atoms with Gasteiger partial charge in [-0.15, -0.1) is 0 Å². The first-order valence-electron chi connectivity index (χ1n) is 6.80. The number of nitrogens with one attached hydrogen (secondary N) is 2. The van der Waals surface area contributed by atoms with Crippen molar-refractivity contribution in [2.75, 3.05) is 6.54 Å². The van der Waals surface area contributed by atoms with Crippen LogP contribution in [0.2, 0.25) is 0 Å². The third-order valence-corrected chi connectivity index (χ3v) is 2.82. The number of aromatic nitrogens is 1. The molecule has 2 amide bonds. The maximum atomic E-state index is 12.2. The van der Waals surface area contributed by atoms with Crippen LogP contribution in [0.1, 0.15) is 31.1 Å². The van der Waals surface area contributed by atoms with Crippen molar-refractivity contribution in [2.24, 2.45) is 0 Å². The summed E-state index contributed by atoms with van der Waals surface area (Å²) in [6, 6.07) is 9.06. The molecule has 0 fully saturated rings. The second kappa shape index (κ2) is 5.91. The molecule has 0 bridgehead atoms. The van der Waals surface area contributed by atoms with E-state index in [1.807, 2.05) is 45.0 Å². The number of pyridine rings is 1. The van der Waals surface area contributed by atoms with Crippen molar-refractivity contribution in [3.05, 3.63) is 42.1 Å². The van der Waals surface area contributed by atoms with Gasteiger partial charge in [0.05, 0.1) is 17.6 Å². The largest absolute Gasteiger partial charge is 0.350 e. The number of fused-ring (bicyclic) bond motifs is 1. The van der Waals surface area contributed by atoms with Gasteiger partial charge in [0.25, 0.3) is 5.91 Å². The number of benzene rings is 1. The highest BCUT2D eigenvalue weighted by Crippen LogP contribution is 2.15. The van der Waals surface area contributed by atoms with Gasteiger partial charge in [-0.05, 0) is 32.9 Å². The summed E-state index contributed by atoms with van der Waals surface area (Å²) >= 11 is 0. The van der Waals surface area contributed by atoms with Crippen LogP contribution in [0.4, 0.5) is 0 Å². The van der Waals surface area contributed by atoms with Crippen LogP contribution in [-0.4, -0.2) is 28.9 Å². The summed E-state index contributed by atoms with van der Waals surface area (Å²) in [6.07, 6.45) is 1.59. The molecule has 0 aliphatic heterocycles. The number of nitrogens with zero attached hydrogens (tertiary/aromatic N) is 1. The molecule has 2 rings (SSSR count). The molecule has 5 heteroatoms. The van der Waals surface area contributed by atoms with Crippen molar-refractivity contribution in [3.8, 4) is 0 Å². The highest BCUT2D eigenvalue weighted by atomic mass is 16.2. The van der Waals surface area contributed by atoms with Crippen LogP contribution in [0.3, 0.4) is 0 Å². The molecule has 0 unspecified atom stereocenters. The van der Waals surface area contributed by atoms with Gasteiger partial charge in [0.1, 0.15) is 0 Å². The highest BCUT2D eigenvalue weighted by molar-refractivity contribution is 6.06. The van der Waals surface area contributed by atoms with Gasteiger partial charge >= 0.3 is 0 Å². The van der Waals surface area contributed by atoms with Crippen molar-refractivity contribution < 1.29 is 9.59 Å². The number of carbonyl (C=O) groups is 2. The van der Waals surface area contributed by atoms with E-state index in [1.54, 1.807) is 12.3 Å². The van der Waals surface area contributed by atoms with Crippen LogP contribution in [-0.2, 0) is 4.79 Å². The smallest absolute Gasteiger partial charge is 0.252 e. The minimum Gasteiger partial charge on any atom is -0.350 e. The Morgan fingerprint density at radius 1 is 1.14 bits per heavy atom. The normalized spacial score (nSPS) is 11.2. The fraction of sp³-hybridized carbons (Fsp3) is 0.312. The monoisotopic (exact) mass is 285 g/mol. The van der Waals surface area contributed by atoms with Gasteiger partial charge in [0.15, 0.2) is 0 Å². The van der Waals surface area contributed by atoms with Crippen molar-refractivity contribution in [3.63, 3.8) is 0 Å². The molecular formula is C16H19N3O2. The van der Waals surface area contributed by atoms with E-state index in [4.69, 9.17) is 0 Å². The van der Waals surface area contributed by atoms with Crippen molar-refractivity contribution in [1.29, 1.82) is 0 Å². The Bertz CT molecular complexity index is 669. The molecule has 0 aliphatic rings. The summed E-state index contributed by atoms with van der Waals surface area (Å²) in [7, 11) is 0. The first-order valence-corrected chi connectivity index (χ1v) is 6.80. The molecule has 2 aromatic rings. The highest BCUT2D eigenvalue weighted by Gasteiger charge is 2.15. The lowest BCUT2D eigenvalue weighted by molar-refractivity contribution is -0.121. The first-order chi connectivity index (χ1) is 9.87. The standard InChI is InChI=1S/C16H19N3O2/c1-16(2,3)19-14(20)10-18-15(21)12-8-9-17-13-7-5-4-6-11(12)13/h4-9H,10H2,1-3H3,(H,18,21)(H,19,20). The van der Waals surface area contributed by atoms with Crippen molar-refractivity contribution in [1.82, 2.24) is 15.6 Å². The van der Waals surface area contributed by atoms with Gasteiger partial charge in [0.2, 0.25) is 5.91 Å². The molecule has 1 aromatic carbocycles. The second-order valence-electron chi connectivity index (χ2n) is 5.86. The zero-order valence-corrected chi connectivity index (χ0v) is 12.4. The Hall–Kier alpha value is -2.43. The van der Waals surface area contributed by atoms with E-state index in [9.17, 15) is 9.59 Å². The van der Waals surface area contributed by atoms with Crippen LogP contribution < -0.4 is 10.6 Å². The Kier molecular flexibility index (Phi) is 4.21. The van der Waals surface area contributed by atoms with Gasteiger partial charge in [-0.25, -0.2) is 0 Å². The van der Waals surface area contributed by atoms with Crippen LogP contribution in [0.5, 0.6) is 0 Å². The zero-order valence-electron chi connectivity index (χ0n) is 12.4. The molecule has 2 N–H and O–H groups in total. The maximum Gasteiger partial charge on any atom is 0.252 e. The van der Waals surface area contributed by atoms with Gasteiger partial charge in [-0.1, -0.05) is 18.2 Å². The molecule has 1 aromatic heterocycles. The molecule has 110 valence electrons. The van der Waals surface area contributed by atoms with Gasteiger partial charge in [0, 0.05) is 17.1 Å². The number of hydrogen-bond donors (Lipinski definition) is 2. The summed E-state index contributed by atoms with van der Waals surface area (Å²) in [6.45, 7) is 5.63. The average Bonchev–Trinajstić information content (AvgIpc) is 2.42. The van der Waals surface area contributed by atoms with Crippen LogP contribution in [0.15, 0.2) is 36.5 Å². The molecule has 21 heavy (non-hydrogen) atoms. The van der Waals surface area contributed by atoms with Crippen LogP contribution in [0, 0.1) is 0 Å². The Morgan fingerprint density at radius 2 is 1.86 bits per heavy atom. The topological polar surface area (TPSA) is 71.1 Å². The lowest BCUT2D eigenvalue weighted by Gasteiger charge is -2.20. The summed E-state index contributed by atoms with van der Waals surface area (Å²) < 4.78 is 0. The summed E-state index contributed by atoms with van der Waals surface area (Å²) in [5.41, 5.74) is 0.957. The Morgan fingerprint density at radius 3 is 2.57 bits per heavy atom. The van der Waals surface area contributed by atoms with E-state index in [0.717, 1.165) is 10.9 Å². The number of amides is 2. The number of hydrogen-bond acceptors (Lipinski definition) is 3. The van der Waals surface area contributed by atoms with Crippen LogP contribution >= 0.6 is 0 Å². The molecule has 0 atom stereocenters. The summed E-state index contributed by atoms with van der Waals surface area (Å²) in [4.78, 5) is 28.1. The SMILES string of the molecule is CC(C)(C)NC(=O)CNC(=O)c1ccnc2ccccc12. The molecule has 0 spiro atoms. The predicted octanol–water partition coefficient (Wildman–Crippen LogP) is 1.88. The zero-order chi connectivity index (χ0) is 15.5. The Labute approximate surface area is 123 Å². The van der Waals surface area contributed by atoms with Crippen molar-refractivity contribution >= 4 is 22.7 Å². The van der Waals surface area contributed by atoms with Gasteiger partial charge < -0.3 is 10.6 Å². The molecule has 0 saturated carbocycles. The van der Waals surface area contributed by atoms with E-state index in [2.05, 4.69) is 15.6 Å². The molecule has 0 radical (unpaired) electrons. The van der Waals surface area contributed by atoms with Gasteiger partial charge in [-0.2, -0.15) is 0 Å². The lowest BCUT2D eigenvalue weighted by atomic mass is 10.1. The maximum absolute atomic E-state index is 12.2. The van der Waals surface area contributed by atoms with E-state index >= 15 is 0 Å². The van der Waals surface area contributed by atoms with Crippen LogP contribution in [0.25, 0.3) is 10.9 Å². The Balaban J connectivity index is 2.08. The van der Waals surface area contributed by atoms with Crippen molar-refractivity contribution in [2.45, 2.75) is 26.3 Å². The van der Waals surface area contributed by atoms with Gasteiger partial charge in [-0.3, -0.25) is 14.6 Å². The predicted molar refractivity (Wildman–Crippen MR) is 82.0 cm³/mol. The summed E-state index contributed by atoms with van der Waals surface area (Å²) in [5.74, 6) is -0.494. The quantitative estimate of drug-likeness (QED) is 0.904. The number of rotatable bonds is 3. The van der Waals surface area contributed by atoms with E-state index in [-0.39, 0.29) is 23.9 Å². The fourth-order valence-corrected chi connectivity index (χ4v) is 2.01. The first kappa shape index (κ1) is 15.0.